The summed E-state index contributed by atoms with van der Waals surface area (Å²) < 4.78 is 26.2. The van der Waals surface area contributed by atoms with Gasteiger partial charge in [-0.3, -0.25) is 0 Å². The van der Waals surface area contributed by atoms with Gasteiger partial charge in [-0.05, 0) is 61.5 Å². The van der Waals surface area contributed by atoms with Crippen molar-refractivity contribution < 1.29 is 8.42 Å². The highest BCUT2D eigenvalue weighted by Gasteiger charge is 2.49. The Balaban J connectivity index is 1.75. The molecule has 2 nitrogen and oxygen atoms in total. The van der Waals surface area contributed by atoms with Gasteiger partial charge in [0.2, 0.25) is 0 Å². The third-order valence-electron chi connectivity index (χ3n) is 6.28. The molecule has 0 unspecified atom stereocenters. The Kier molecular flexibility index (Phi) is 3.26. The van der Waals surface area contributed by atoms with Gasteiger partial charge >= 0.3 is 0 Å². The molecule has 1 saturated carbocycles. The summed E-state index contributed by atoms with van der Waals surface area (Å²) >= 11 is 0. The molecular weight excluding hydrogens is 292 g/mol. The minimum atomic E-state index is -3.23. The number of hydrogen-bond acceptors (Lipinski definition) is 2. The second-order valence-corrected chi connectivity index (χ2v) is 9.61. The normalized spacial score (nSPS) is 37.5. The monoisotopic (exact) mass is 316 g/mol. The molecule has 1 aromatic carbocycles. The largest absolute Gasteiger partial charge is 0.223 e. The summed E-state index contributed by atoms with van der Waals surface area (Å²) in [5.41, 5.74) is 3.17. The van der Waals surface area contributed by atoms with Crippen molar-refractivity contribution in [3.8, 4) is 0 Å². The van der Waals surface area contributed by atoms with Crippen LogP contribution in [0.4, 0.5) is 0 Å². The number of rotatable bonds is 2. The maximum absolute atomic E-state index is 13.1. The van der Waals surface area contributed by atoms with Gasteiger partial charge in [0.25, 0.3) is 0 Å². The summed E-state index contributed by atoms with van der Waals surface area (Å²) in [6.07, 6.45) is 4.69. The molecule has 0 aromatic heterocycles. The second-order valence-electron chi connectivity index (χ2n) is 7.44. The van der Waals surface area contributed by atoms with Gasteiger partial charge in [-0.1, -0.05) is 43.2 Å². The number of sulfone groups is 1. The maximum Gasteiger partial charge on any atom is 0.181 e. The smallest absolute Gasteiger partial charge is 0.181 e. The molecular formula is C19H24O2S. The molecule has 0 radical (unpaired) electrons. The average Bonchev–Trinajstić information content (AvgIpc) is 3.13. The molecule has 1 aromatic rings. The van der Waals surface area contributed by atoms with Crippen LogP contribution in [-0.4, -0.2) is 13.7 Å². The van der Waals surface area contributed by atoms with E-state index >= 15 is 0 Å². The van der Waals surface area contributed by atoms with Crippen LogP contribution in [0.1, 0.15) is 39.5 Å². The molecule has 0 amide bonds. The van der Waals surface area contributed by atoms with Crippen LogP contribution in [0.5, 0.6) is 0 Å². The number of fused-ring (bicyclic) bond motifs is 4. The fraction of sp³-hybridized carbons (Fsp3) is 0.579. The lowest BCUT2D eigenvalue weighted by atomic mass is 9.72. The van der Waals surface area contributed by atoms with Crippen LogP contribution in [0.3, 0.4) is 0 Å². The minimum Gasteiger partial charge on any atom is -0.223 e. The first-order chi connectivity index (χ1) is 10.5. The fourth-order valence-corrected chi connectivity index (χ4v) is 7.51. The van der Waals surface area contributed by atoms with Crippen LogP contribution in [0.25, 0.3) is 0 Å². The fourth-order valence-electron chi connectivity index (χ4n) is 5.40. The SMILES string of the molecule is C[C@@H]1C[C@H](S(=O)(=O)c2ccccc2)[C@@H](C)C2=C1[C@H]1CC[C@H]2C1. The van der Waals surface area contributed by atoms with Crippen LogP contribution < -0.4 is 0 Å². The first-order valence-electron chi connectivity index (χ1n) is 8.53. The van der Waals surface area contributed by atoms with Crippen molar-refractivity contribution >= 4 is 9.84 Å². The summed E-state index contributed by atoms with van der Waals surface area (Å²) in [6, 6.07) is 9.02. The molecule has 3 aliphatic rings. The molecule has 5 atom stereocenters. The number of hydrogen-bond donors (Lipinski definition) is 0. The lowest BCUT2D eigenvalue weighted by Gasteiger charge is -2.39. The van der Waals surface area contributed by atoms with Crippen molar-refractivity contribution in [3.63, 3.8) is 0 Å². The molecule has 0 spiro atoms. The van der Waals surface area contributed by atoms with Gasteiger partial charge in [0.1, 0.15) is 0 Å². The van der Waals surface area contributed by atoms with Gasteiger partial charge < -0.3 is 0 Å². The maximum atomic E-state index is 13.1. The molecule has 0 heterocycles. The van der Waals surface area contributed by atoms with Crippen molar-refractivity contribution in [1.29, 1.82) is 0 Å². The highest BCUT2D eigenvalue weighted by molar-refractivity contribution is 7.92. The Morgan fingerprint density at radius 3 is 2.23 bits per heavy atom. The first-order valence-corrected chi connectivity index (χ1v) is 10.1. The summed E-state index contributed by atoms with van der Waals surface area (Å²) in [7, 11) is -3.23. The highest BCUT2D eigenvalue weighted by atomic mass is 32.2. The van der Waals surface area contributed by atoms with Crippen molar-refractivity contribution in [3.05, 3.63) is 41.5 Å². The predicted molar refractivity (Wildman–Crippen MR) is 88.2 cm³/mol. The summed E-state index contributed by atoms with van der Waals surface area (Å²) in [5.74, 6) is 2.06. The van der Waals surface area contributed by atoms with Gasteiger partial charge in [-0.25, -0.2) is 8.42 Å². The van der Waals surface area contributed by atoms with E-state index in [-0.39, 0.29) is 11.2 Å². The molecule has 3 aliphatic carbocycles. The highest BCUT2D eigenvalue weighted by Crippen LogP contribution is 2.57. The van der Waals surface area contributed by atoms with Crippen LogP contribution in [0.2, 0.25) is 0 Å². The first kappa shape index (κ1) is 14.5. The van der Waals surface area contributed by atoms with E-state index in [1.54, 1.807) is 17.7 Å². The zero-order valence-electron chi connectivity index (χ0n) is 13.3. The molecule has 4 rings (SSSR count). The van der Waals surface area contributed by atoms with E-state index in [0.717, 1.165) is 12.3 Å². The summed E-state index contributed by atoms with van der Waals surface area (Å²) in [6.45, 7) is 4.41. The molecule has 2 bridgehead atoms. The molecule has 3 heteroatoms. The third kappa shape index (κ3) is 1.94. The molecule has 0 aliphatic heterocycles. The zero-order chi connectivity index (χ0) is 15.5. The Hall–Kier alpha value is -1.09. The Labute approximate surface area is 133 Å². The predicted octanol–water partition coefficient (Wildman–Crippen LogP) is 4.23. The molecule has 118 valence electrons. The van der Waals surface area contributed by atoms with E-state index in [0.29, 0.717) is 16.7 Å². The Bertz CT molecular complexity index is 717. The minimum absolute atomic E-state index is 0.187. The van der Waals surface area contributed by atoms with Crippen LogP contribution >= 0.6 is 0 Å². The topological polar surface area (TPSA) is 34.1 Å². The van der Waals surface area contributed by atoms with Gasteiger partial charge in [0.05, 0.1) is 10.1 Å². The quantitative estimate of drug-likeness (QED) is 0.765. The van der Waals surface area contributed by atoms with Gasteiger partial charge in [0, 0.05) is 0 Å². The van der Waals surface area contributed by atoms with E-state index in [4.69, 9.17) is 0 Å². The molecule has 1 fully saturated rings. The molecule has 0 saturated heterocycles. The number of benzene rings is 1. The Morgan fingerprint density at radius 1 is 0.909 bits per heavy atom. The van der Waals surface area contributed by atoms with E-state index in [1.165, 1.54) is 24.8 Å². The van der Waals surface area contributed by atoms with Gasteiger partial charge in [-0.15, -0.1) is 0 Å². The average molecular weight is 316 g/mol. The zero-order valence-corrected chi connectivity index (χ0v) is 14.1. The summed E-state index contributed by atoms with van der Waals surface area (Å²) in [5, 5.41) is -0.247. The summed E-state index contributed by atoms with van der Waals surface area (Å²) in [4.78, 5) is 0.492. The van der Waals surface area contributed by atoms with Gasteiger partial charge in [-0.2, -0.15) is 0 Å². The van der Waals surface area contributed by atoms with Crippen molar-refractivity contribution in [2.24, 2.45) is 23.7 Å². The van der Waals surface area contributed by atoms with E-state index in [9.17, 15) is 8.42 Å². The van der Waals surface area contributed by atoms with Crippen LogP contribution in [0.15, 0.2) is 46.4 Å². The standard InChI is InChI=1S/C19H24O2S/c1-12-10-17(22(20,21)16-6-4-3-5-7-16)13(2)19-15-9-8-14(11-15)18(12)19/h3-7,12-15,17H,8-11H2,1-2H3/t12-,13-,14+,15+,17+/m1/s1. The number of allylic oxidation sites excluding steroid dienone is 2. The van der Waals surface area contributed by atoms with E-state index in [1.807, 2.05) is 18.2 Å². The lowest BCUT2D eigenvalue weighted by Crippen LogP contribution is -2.37. The van der Waals surface area contributed by atoms with Gasteiger partial charge in [0.15, 0.2) is 9.84 Å². The van der Waals surface area contributed by atoms with E-state index < -0.39 is 9.84 Å². The van der Waals surface area contributed by atoms with Crippen LogP contribution in [0, 0.1) is 23.7 Å². The van der Waals surface area contributed by atoms with Crippen molar-refractivity contribution in [1.82, 2.24) is 0 Å². The van der Waals surface area contributed by atoms with E-state index in [2.05, 4.69) is 13.8 Å². The van der Waals surface area contributed by atoms with Crippen molar-refractivity contribution in [2.45, 2.75) is 49.7 Å². The van der Waals surface area contributed by atoms with Crippen LogP contribution in [-0.2, 0) is 9.84 Å². The molecule has 22 heavy (non-hydrogen) atoms. The Morgan fingerprint density at radius 2 is 1.55 bits per heavy atom. The lowest BCUT2D eigenvalue weighted by molar-refractivity contribution is 0.394. The molecule has 0 N–H and O–H groups in total. The second kappa shape index (κ2) is 4.95. The van der Waals surface area contributed by atoms with Crippen molar-refractivity contribution in [2.75, 3.05) is 0 Å². The third-order valence-corrected chi connectivity index (χ3v) is 8.61.